The average Bonchev–Trinajstić information content (AvgIpc) is 3.21. The Hall–Kier alpha value is -2.56. The topological polar surface area (TPSA) is 102 Å². The van der Waals surface area contributed by atoms with Gasteiger partial charge in [0, 0.05) is 28.2 Å². The summed E-state index contributed by atoms with van der Waals surface area (Å²) in [5.41, 5.74) is 2.03. The number of thiazole rings is 1. The number of pyridine rings is 1. The minimum absolute atomic E-state index is 0.0285. The molecule has 0 amide bonds. The van der Waals surface area contributed by atoms with E-state index in [0.29, 0.717) is 26.3 Å². The molecular weight excluding hydrogens is 478 g/mol. The molecule has 0 radical (unpaired) electrons. The maximum absolute atomic E-state index is 13.4. The highest BCUT2D eigenvalue weighted by Gasteiger charge is 2.28. The van der Waals surface area contributed by atoms with Crippen LogP contribution in [0.4, 0.5) is 0 Å². The fraction of sp³-hybridized carbons (Fsp3) is 0.105. The Morgan fingerprint density at radius 2 is 1.90 bits per heavy atom. The molecule has 0 atom stereocenters. The van der Waals surface area contributed by atoms with Crippen molar-refractivity contribution in [3.63, 3.8) is 0 Å². The van der Waals surface area contributed by atoms with Crippen LogP contribution < -0.4 is 0 Å². The number of halogens is 1. The van der Waals surface area contributed by atoms with Gasteiger partial charge < -0.3 is 5.11 Å². The van der Waals surface area contributed by atoms with E-state index in [1.165, 1.54) is 17.4 Å². The van der Waals surface area contributed by atoms with E-state index in [-0.39, 0.29) is 16.1 Å². The summed E-state index contributed by atoms with van der Waals surface area (Å²) in [4.78, 5) is 20.2. The van der Waals surface area contributed by atoms with Crippen LogP contribution in [0.2, 0.25) is 0 Å². The van der Waals surface area contributed by atoms with Crippen LogP contribution in [0.5, 0.6) is 0 Å². The smallest absolute Gasteiger partial charge is 0.337 e. The Morgan fingerprint density at radius 1 is 1.21 bits per heavy atom. The lowest BCUT2D eigenvalue weighted by atomic mass is 10.1. The number of aryl methyl sites for hydroxylation is 1. The van der Waals surface area contributed by atoms with Crippen LogP contribution in [0.15, 0.2) is 51.4 Å². The minimum Gasteiger partial charge on any atom is -0.478 e. The van der Waals surface area contributed by atoms with Crippen LogP contribution in [0.1, 0.15) is 21.6 Å². The Bertz CT molecular complexity index is 1370. The van der Waals surface area contributed by atoms with Crippen molar-refractivity contribution in [2.24, 2.45) is 0 Å². The molecule has 0 aliphatic carbocycles. The van der Waals surface area contributed by atoms with Crippen molar-refractivity contribution < 1.29 is 18.3 Å². The summed E-state index contributed by atoms with van der Waals surface area (Å²) in [6, 6.07) is 7.97. The number of benzene rings is 1. The number of rotatable bonds is 4. The van der Waals surface area contributed by atoms with E-state index in [9.17, 15) is 18.3 Å². The first-order chi connectivity index (χ1) is 13.7. The van der Waals surface area contributed by atoms with Crippen LogP contribution in [-0.2, 0) is 10.0 Å². The molecule has 0 aliphatic rings. The SMILES string of the molecule is Cc1ccc(S(=O)(=O)n2c(C)c(-c3nc(Br)cs3)c3cc(C(=O)O)cnc32)cc1. The van der Waals surface area contributed by atoms with Gasteiger partial charge in [-0.3, -0.25) is 0 Å². The third-order valence-corrected chi connectivity index (χ3v) is 7.86. The molecule has 3 heterocycles. The van der Waals surface area contributed by atoms with Gasteiger partial charge in [0.05, 0.1) is 10.5 Å². The van der Waals surface area contributed by atoms with E-state index in [2.05, 4.69) is 25.9 Å². The summed E-state index contributed by atoms with van der Waals surface area (Å²) in [5.74, 6) is -1.14. The van der Waals surface area contributed by atoms with Crippen molar-refractivity contribution in [2.75, 3.05) is 0 Å². The van der Waals surface area contributed by atoms with Gasteiger partial charge in [0.25, 0.3) is 10.0 Å². The van der Waals surface area contributed by atoms with E-state index >= 15 is 0 Å². The van der Waals surface area contributed by atoms with Crippen LogP contribution in [0, 0.1) is 13.8 Å². The highest BCUT2D eigenvalue weighted by atomic mass is 79.9. The molecule has 0 spiro atoms. The summed E-state index contributed by atoms with van der Waals surface area (Å²) >= 11 is 4.64. The standard InChI is InChI=1S/C19H14BrN3O4S2/c1-10-3-5-13(6-4-10)29(26,27)23-11(2)16(18-22-15(20)9-28-18)14-7-12(19(24)25)8-21-17(14)23/h3-9H,1-2H3,(H,24,25). The number of carboxylic acids is 1. The Morgan fingerprint density at radius 3 is 2.48 bits per heavy atom. The van der Waals surface area contributed by atoms with Crippen molar-refractivity contribution in [1.82, 2.24) is 13.9 Å². The average molecular weight is 492 g/mol. The number of nitrogens with zero attached hydrogens (tertiary/aromatic N) is 3. The molecule has 1 aromatic carbocycles. The molecule has 7 nitrogen and oxygen atoms in total. The molecule has 10 heteroatoms. The molecule has 1 N–H and O–H groups in total. The minimum atomic E-state index is -3.95. The van der Waals surface area contributed by atoms with Crippen LogP contribution in [0.25, 0.3) is 21.6 Å². The first-order valence-electron chi connectivity index (χ1n) is 8.38. The molecule has 0 fully saturated rings. The third-order valence-electron chi connectivity index (χ3n) is 4.49. The number of aromatic nitrogens is 3. The zero-order chi connectivity index (χ0) is 20.9. The van der Waals surface area contributed by atoms with Crippen molar-refractivity contribution in [3.05, 3.63) is 63.3 Å². The van der Waals surface area contributed by atoms with E-state index in [1.54, 1.807) is 36.6 Å². The van der Waals surface area contributed by atoms with Crippen LogP contribution >= 0.6 is 27.3 Å². The van der Waals surface area contributed by atoms with Crippen molar-refractivity contribution >= 4 is 54.3 Å². The molecule has 3 aromatic heterocycles. The quantitative estimate of drug-likeness (QED) is 0.451. The molecule has 0 saturated heterocycles. The van der Waals surface area contributed by atoms with Crippen LogP contribution in [-0.4, -0.2) is 33.4 Å². The fourth-order valence-electron chi connectivity index (χ4n) is 3.12. The second kappa shape index (κ2) is 7.05. The summed E-state index contributed by atoms with van der Waals surface area (Å²) in [6.45, 7) is 3.54. The third kappa shape index (κ3) is 3.26. The molecule has 0 unspecified atom stereocenters. The second-order valence-electron chi connectivity index (χ2n) is 6.42. The van der Waals surface area contributed by atoms with Gasteiger partial charge in [-0.2, -0.15) is 0 Å². The van der Waals surface area contributed by atoms with E-state index < -0.39 is 16.0 Å². The maximum atomic E-state index is 13.4. The second-order valence-corrected chi connectivity index (χ2v) is 9.88. The monoisotopic (exact) mass is 491 g/mol. The van der Waals surface area contributed by atoms with Gasteiger partial charge in [-0.1, -0.05) is 17.7 Å². The molecule has 4 aromatic rings. The fourth-order valence-corrected chi connectivity index (χ4v) is 6.00. The predicted octanol–water partition coefficient (Wildman–Crippen LogP) is 4.47. The molecule has 29 heavy (non-hydrogen) atoms. The van der Waals surface area contributed by atoms with Crippen molar-refractivity contribution in [2.45, 2.75) is 18.7 Å². The number of aromatic carboxylic acids is 1. The first kappa shape index (κ1) is 19.7. The Kier molecular flexibility index (Phi) is 4.80. The van der Waals surface area contributed by atoms with E-state index in [4.69, 9.17) is 0 Å². The zero-order valence-corrected chi connectivity index (χ0v) is 18.5. The maximum Gasteiger partial charge on any atom is 0.337 e. The number of carbonyl (C=O) groups is 1. The molecule has 0 aliphatic heterocycles. The van der Waals surface area contributed by atoms with Gasteiger partial charge in [0.1, 0.15) is 9.61 Å². The van der Waals surface area contributed by atoms with Gasteiger partial charge in [-0.25, -0.2) is 27.2 Å². The predicted molar refractivity (Wildman–Crippen MR) is 114 cm³/mol. The van der Waals surface area contributed by atoms with E-state index in [0.717, 1.165) is 15.7 Å². The van der Waals surface area contributed by atoms with Gasteiger partial charge in [0.2, 0.25) is 0 Å². The first-order valence-corrected chi connectivity index (χ1v) is 11.5. The molecule has 0 bridgehead atoms. The highest BCUT2D eigenvalue weighted by Crippen LogP contribution is 2.38. The van der Waals surface area contributed by atoms with E-state index in [1.807, 2.05) is 6.92 Å². The van der Waals surface area contributed by atoms with Crippen molar-refractivity contribution in [3.8, 4) is 10.6 Å². The largest absolute Gasteiger partial charge is 0.478 e. The lowest BCUT2D eigenvalue weighted by Crippen LogP contribution is -2.15. The van der Waals surface area contributed by atoms with Gasteiger partial charge in [-0.05, 0) is 48.0 Å². The summed E-state index contributed by atoms with van der Waals surface area (Å²) in [5, 5.41) is 12.1. The molecule has 4 rings (SSSR count). The molecule has 0 saturated carbocycles. The Balaban J connectivity index is 2.08. The summed E-state index contributed by atoms with van der Waals surface area (Å²) in [6.07, 6.45) is 1.16. The summed E-state index contributed by atoms with van der Waals surface area (Å²) < 4.78 is 28.6. The lowest BCUT2D eigenvalue weighted by molar-refractivity contribution is 0.0696. The van der Waals surface area contributed by atoms with Crippen LogP contribution in [0.3, 0.4) is 0 Å². The molecule has 148 valence electrons. The van der Waals surface area contributed by atoms with Gasteiger partial charge in [-0.15, -0.1) is 11.3 Å². The number of carboxylic acid groups (broad SMARTS) is 1. The van der Waals surface area contributed by atoms with Crippen molar-refractivity contribution in [1.29, 1.82) is 0 Å². The number of hydrogen-bond acceptors (Lipinski definition) is 6. The normalized spacial score (nSPS) is 11.8. The Labute approximate surface area is 178 Å². The van der Waals surface area contributed by atoms with Gasteiger partial charge in [0.15, 0.2) is 5.65 Å². The highest BCUT2D eigenvalue weighted by molar-refractivity contribution is 9.10. The van der Waals surface area contributed by atoms with Gasteiger partial charge >= 0.3 is 5.97 Å². The number of fused-ring (bicyclic) bond motifs is 1. The molecular formula is C19H14BrN3O4S2. The lowest BCUT2D eigenvalue weighted by Gasteiger charge is -2.10. The summed E-state index contributed by atoms with van der Waals surface area (Å²) in [7, 11) is -3.95. The number of hydrogen-bond donors (Lipinski definition) is 1. The zero-order valence-electron chi connectivity index (χ0n) is 15.2.